The van der Waals surface area contributed by atoms with Crippen LogP contribution in [0.5, 0.6) is 0 Å². The summed E-state index contributed by atoms with van der Waals surface area (Å²) in [5.41, 5.74) is 0. The predicted molar refractivity (Wildman–Crippen MR) is 75.4 cm³/mol. The minimum absolute atomic E-state index is 0.0275. The summed E-state index contributed by atoms with van der Waals surface area (Å²) in [5, 5.41) is 6.02. The van der Waals surface area contributed by atoms with E-state index in [4.69, 9.17) is 0 Å². The van der Waals surface area contributed by atoms with Crippen LogP contribution in [-0.2, 0) is 11.2 Å². The van der Waals surface area contributed by atoms with E-state index in [0.29, 0.717) is 0 Å². The molecular formula is C13H21N5O. The summed E-state index contributed by atoms with van der Waals surface area (Å²) >= 11 is 0. The van der Waals surface area contributed by atoms with Gasteiger partial charge in [-0.25, -0.2) is 9.97 Å². The highest BCUT2D eigenvalue weighted by Gasteiger charge is 2.24. The Morgan fingerprint density at radius 3 is 2.95 bits per heavy atom. The molecule has 1 aliphatic heterocycles. The van der Waals surface area contributed by atoms with E-state index in [-0.39, 0.29) is 11.9 Å². The molecule has 1 amide bonds. The third-order valence-corrected chi connectivity index (χ3v) is 3.25. The zero-order valence-electron chi connectivity index (χ0n) is 11.7. The number of aryl methyl sites for hydroxylation is 1. The van der Waals surface area contributed by atoms with Crippen LogP contribution < -0.4 is 15.5 Å². The number of hydrogen-bond donors (Lipinski definition) is 2. The Balaban J connectivity index is 2.12. The van der Waals surface area contributed by atoms with Gasteiger partial charge in [0.1, 0.15) is 17.5 Å². The van der Waals surface area contributed by atoms with Gasteiger partial charge in [0.2, 0.25) is 5.91 Å². The average molecular weight is 263 g/mol. The molecular weight excluding hydrogens is 242 g/mol. The van der Waals surface area contributed by atoms with Gasteiger partial charge in [-0.1, -0.05) is 6.92 Å². The minimum Gasteiger partial charge on any atom is -0.373 e. The van der Waals surface area contributed by atoms with E-state index in [2.05, 4.69) is 25.5 Å². The third-order valence-electron chi connectivity index (χ3n) is 3.25. The number of aromatic nitrogens is 2. The maximum Gasteiger partial charge on any atom is 0.217 e. The number of anilines is 2. The van der Waals surface area contributed by atoms with Crippen molar-refractivity contribution in [2.24, 2.45) is 0 Å². The molecule has 1 fully saturated rings. The molecule has 2 heterocycles. The Hall–Kier alpha value is -1.85. The highest BCUT2D eigenvalue weighted by atomic mass is 16.1. The zero-order chi connectivity index (χ0) is 13.8. The molecule has 6 nitrogen and oxygen atoms in total. The smallest absolute Gasteiger partial charge is 0.217 e. The van der Waals surface area contributed by atoms with Gasteiger partial charge in [0.05, 0.1) is 0 Å². The molecule has 6 heteroatoms. The van der Waals surface area contributed by atoms with Crippen LogP contribution in [0.1, 0.15) is 26.1 Å². The van der Waals surface area contributed by atoms with Gasteiger partial charge in [-0.2, -0.15) is 0 Å². The fourth-order valence-electron chi connectivity index (χ4n) is 2.30. The SMILES string of the molecule is CCc1nc(NC)cc(N2CCC(NC(C)=O)C2)n1. The lowest BCUT2D eigenvalue weighted by Gasteiger charge is -2.19. The van der Waals surface area contributed by atoms with Crippen molar-refractivity contribution in [3.8, 4) is 0 Å². The summed E-state index contributed by atoms with van der Waals surface area (Å²) in [6, 6.07) is 2.17. The van der Waals surface area contributed by atoms with Crippen LogP contribution >= 0.6 is 0 Å². The van der Waals surface area contributed by atoms with Crippen LogP contribution in [0.2, 0.25) is 0 Å². The molecule has 0 radical (unpaired) electrons. The van der Waals surface area contributed by atoms with Gasteiger partial charge in [-0.15, -0.1) is 0 Å². The summed E-state index contributed by atoms with van der Waals surface area (Å²) in [6.07, 6.45) is 1.77. The van der Waals surface area contributed by atoms with E-state index in [1.54, 1.807) is 6.92 Å². The maximum absolute atomic E-state index is 11.1. The number of nitrogens with one attached hydrogen (secondary N) is 2. The molecule has 0 aromatic carbocycles. The normalized spacial score (nSPS) is 18.5. The third kappa shape index (κ3) is 3.33. The first-order valence-electron chi connectivity index (χ1n) is 6.70. The molecule has 0 bridgehead atoms. The van der Waals surface area contributed by atoms with Crippen LogP contribution in [-0.4, -0.2) is 42.1 Å². The van der Waals surface area contributed by atoms with Crippen molar-refractivity contribution < 1.29 is 4.79 Å². The van der Waals surface area contributed by atoms with Gasteiger partial charge >= 0.3 is 0 Å². The summed E-state index contributed by atoms with van der Waals surface area (Å²) in [7, 11) is 1.86. The van der Waals surface area contributed by atoms with E-state index in [1.807, 2.05) is 20.0 Å². The molecule has 19 heavy (non-hydrogen) atoms. The Bertz CT molecular complexity index is 440. The van der Waals surface area contributed by atoms with Crippen LogP contribution in [0.3, 0.4) is 0 Å². The Labute approximate surface area is 113 Å². The largest absolute Gasteiger partial charge is 0.373 e. The first-order chi connectivity index (χ1) is 9.12. The lowest BCUT2D eigenvalue weighted by atomic mass is 10.3. The fourth-order valence-corrected chi connectivity index (χ4v) is 2.30. The van der Waals surface area contributed by atoms with Gasteiger partial charge in [0, 0.05) is 45.6 Å². The number of nitrogens with zero attached hydrogens (tertiary/aromatic N) is 3. The summed E-state index contributed by atoms with van der Waals surface area (Å²) in [4.78, 5) is 22.2. The second-order valence-electron chi connectivity index (χ2n) is 4.76. The van der Waals surface area contributed by atoms with E-state index in [9.17, 15) is 4.79 Å². The number of rotatable bonds is 4. The van der Waals surface area contributed by atoms with Crippen molar-refractivity contribution in [3.63, 3.8) is 0 Å². The molecule has 1 saturated heterocycles. The molecule has 1 aromatic heterocycles. The van der Waals surface area contributed by atoms with Crippen LogP contribution in [0, 0.1) is 0 Å². The van der Waals surface area contributed by atoms with Crippen LogP contribution in [0.4, 0.5) is 11.6 Å². The van der Waals surface area contributed by atoms with Crippen LogP contribution in [0.25, 0.3) is 0 Å². The van der Waals surface area contributed by atoms with Crippen molar-refractivity contribution >= 4 is 17.5 Å². The monoisotopic (exact) mass is 263 g/mol. The zero-order valence-corrected chi connectivity index (χ0v) is 11.7. The standard InChI is InChI=1S/C13H21N5O/c1-4-11-16-12(14-3)7-13(17-11)18-6-5-10(8-18)15-9(2)19/h7,10H,4-6,8H2,1-3H3,(H,15,19)(H,14,16,17). The van der Waals surface area contributed by atoms with Gasteiger partial charge in [0.25, 0.3) is 0 Å². The molecule has 1 atom stereocenters. The highest BCUT2D eigenvalue weighted by molar-refractivity contribution is 5.73. The number of carbonyl (C=O) groups is 1. The molecule has 2 rings (SSSR count). The summed E-state index contributed by atoms with van der Waals surface area (Å²) in [5.74, 6) is 2.64. The number of carbonyl (C=O) groups excluding carboxylic acids is 1. The van der Waals surface area contributed by atoms with Crippen molar-refractivity contribution in [1.29, 1.82) is 0 Å². The average Bonchev–Trinajstić information content (AvgIpc) is 2.85. The van der Waals surface area contributed by atoms with Gasteiger partial charge in [-0.3, -0.25) is 4.79 Å². The van der Waals surface area contributed by atoms with Gasteiger partial charge in [-0.05, 0) is 6.42 Å². The second-order valence-corrected chi connectivity index (χ2v) is 4.76. The second kappa shape index (κ2) is 5.86. The number of hydrogen-bond acceptors (Lipinski definition) is 5. The van der Waals surface area contributed by atoms with Crippen molar-refractivity contribution in [2.45, 2.75) is 32.7 Å². The minimum atomic E-state index is 0.0275. The van der Waals surface area contributed by atoms with E-state index < -0.39 is 0 Å². The van der Waals surface area contributed by atoms with Crippen molar-refractivity contribution in [3.05, 3.63) is 11.9 Å². The molecule has 1 aromatic rings. The Morgan fingerprint density at radius 1 is 1.53 bits per heavy atom. The van der Waals surface area contributed by atoms with E-state index in [1.165, 1.54) is 0 Å². The quantitative estimate of drug-likeness (QED) is 0.840. The fraction of sp³-hybridized carbons (Fsp3) is 0.615. The molecule has 2 N–H and O–H groups in total. The molecule has 0 spiro atoms. The lowest BCUT2D eigenvalue weighted by Crippen LogP contribution is -2.35. The molecule has 1 unspecified atom stereocenters. The molecule has 1 aliphatic rings. The maximum atomic E-state index is 11.1. The molecule has 104 valence electrons. The van der Waals surface area contributed by atoms with Crippen molar-refractivity contribution in [2.75, 3.05) is 30.4 Å². The Morgan fingerprint density at radius 2 is 2.32 bits per heavy atom. The first kappa shape index (κ1) is 13.6. The number of amides is 1. The highest BCUT2D eigenvalue weighted by Crippen LogP contribution is 2.21. The molecule has 0 saturated carbocycles. The lowest BCUT2D eigenvalue weighted by molar-refractivity contribution is -0.119. The topological polar surface area (TPSA) is 70.2 Å². The summed E-state index contributed by atoms with van der Waals surface area (Å²) < 4.78 is 0. The van der Waals surface area contributed by atoms with Gasteiger partial charge < -0.3 is 15.5 Å². The predicted octanol–water partition coefficient (Wildman–Crippen LogP) is 0.795. The van der Waals surface area contributed by atoms with Crippen LogP contribution in [0.15, 0.2) is 6.07 Å². The first-order valence-corrected chi connectivity index (χ1v) is 6.70. The van der Waals surface area contributed by atoms with Crippen molar-refractivity contribution in [1.82, 2.24) is 15.3 Å². The summed E-state index contributed by atoms with van der Waals surface area (Å²) in [6.45, 7) is 5.32. The molecule has 0 aliphatic carbocycles. The van der Waals surface area contributed by atoms with E-state index in [0.717, 1.165) is 43.4 Å². The van der Waals surface area contributed by atoms with E-state index >= 15 is 0 Å². The van der Waals surface area contributed by atoms with Gasteiger partial charge in [0.15, 0.2) is 0 Å². The Kier molecular flexibility index (Phi) is 4.19.